The number of phenols is 1. The van der Waals surface area contributed by atoms with Crippen LogP contribution in [0.4, 0.5) is 0 Å². The van der Waals surface area contributed by atoms with Gasteiger partial charge < -0.3 is 5.11 Å². The zero-order chi connectivity index (χ0) is 25.2. The number of allylic oxidation sites excluding steroid dienone is 4. The van der Waals surface area contributed by atoms with Gasteiger partial charge in [-0.3, -0.25) is 0 Å². The van der Waals surface area contributed by atoms with Crippen LogP contribution in [-0.4, -0.2) is 5.11 Å². The molecule has 0 amide bonds. The number of unbranched alkanes of at least 4 members (excludes halogenated alkanes) is 10. The SMILES string of the molecule is CCCCCCCCC1=C2C=c3ccccc3=C2C=CC1(CCCCCCCC)c1ccccc1O. The molecule has 0 heterocycles. The van der Waals surface area contributed by atoms with Gasteiger partial charge >= 0.3 is 0 Å². The van der Waals surface area contributed by atoms with Gasteiger partial charge in [-0.1, -0.05) is 139 Å². The van der Waals surface area contributed by atoms with E-state index in [-0.39, 0.29) is 5.41 Å². The van der Waals surface area contributed by atoms with Crippen molar-refractivity contribution in [1.29, 1.82) is 0 Å². The molecule has 4 rings (SSSR count). The van der Waals surface area contributed by atoms with Crippen LogP contribution in [0.2, 0.25) is 0 Å². The maximum absolute atomic E-state index is 11.1. The minimum atomic E-state index is -0.225. The minimum Gasteiger partial charge on any atom is -0.508 e. The summed E-state index contributed by atoms with van der Waals surface area (Å²) in [4.78, 5) is 0. The second-order valence-corrected chi connectivity index (χ2v) is 10.9. The van der Waals surface area contributed by atoms with E-state index >= 15 is 0 Å². The van der Waals surface area contributed by atoms with Crippen molar-refractivity contribution in [2.45, 2.75) is 109 Å². The maximum Gasteiger partial charge on any atom is 0.119 e. The molecule has 1 atom stereocenters. The van der Waals surface area contributed by atoms with Gasteiger partial charge in [0.1, 0.15) is 5.75 Å². The first kappa shape index (κ1) is 26.5. The molecule has 1 nitrogen and oxygen atoms in total. The van der Waals surface area contributed by atoms with Crippen LogP contribution >= 0.6 is 0 Å². The van der Waals surface area contributed by atoms with E-state index in [1.807, 2.05) is 12.1 Å². The van der Waals surface area contributed by atoms with Crippen LogP contribution < -0.4 is 10.4 Å². The number of aromatic hydroxyl groups is 1. The second kappa shape index (κ2) is 13.1. The third kappa shape index (κ3) is 5.88. The highest BCUT2D eigenvalue weighted by Crippen LogP contribution is 2.50. The van der Waals surface area contributed by atoms with E-state index in [2.05, 4.69) is 68.5 Å². The normalized spacial score (nSPS) is 18.3. The molecule has 0 radical (unpaired) electrons. The van der Waals surface area contributed by atoms with Crippen LogP contribution in [0.1, 0.15) is 109 Å². The van der Waals surface area contributed by atoms with E-state index in [4.69, 9.17) is 0 Å². The van der Waals surface area contributed by atoms with Crippen LogP contribution in [0.3, 0.4) is 0 Å². The summed E-state index contributed by atoms with van der Waals surface area (Å²) in [6, 6.07) is 16.9. The fourth-order valence-electron chi connectivity index (χ4n) is 6.34. The summed E-state index contributed by atoms with van der Waals surface area (Å²) in [5, 5.41) is 13.8. The highest BCUT2D eigenvalue weighted by atomic mass is 16.3. The molecule has 0 fully saturated rings. The van der Waals surface area contributed by atoms with Crippen molar-refractivity contribution in [2.75, 3.05) is 0 Å². The van der Waals surface area contributed by atoms with Crippen LogP contribution in [0.25, 0.3) is 11.6 Å². The lowest BCUT2D eigenvalue weighted by Gasteiger charge is -2.39. The standard InChI is InChI=1S/C35H46O/c1-3-5-7-9-11-13-21-32-31-27-28-19-14-15-20-29(28)30(31)24-26-35(32,25-18-12-10-8-6-4-2)33-22-16-17-23-34(33)36/h14-17,19-20,22-24,26-27,36H,3-13,18,21,25H2,1-2H3. The van der Waals surface area contributed by atoms with Crippen molar-refractivity contribution in [1.82, 2.24) is 0 Å². The van der Waals surface area contributed by atoms with Gasteiger partial charge in [0.2, 0.25) is 0 Å². The van der Waals surface area contributed by atoms with Gasteiger partial charge in [0.15, 0.2) is 0 Å². The quantitative estimate of drug-likeness (QED) is 0.252. The molecule has 0 saturated heterocycles. The number of hydrogen-bond acceptors (Lipinski definition) is 1. The molecule has 0 aliphatic heterocycles. The largest absolute Gasteiger partial charge is 0.508 e. The molecule has 1 unspecified atom stereocenters. The molecule has 2 aliphatic carbocycles. The summed E-state index contributed by atoms with van der Waals surface area (Å²) in [5.41, 5.74) is 5.19. The molecule has 0 aromatic heterocycles. The van der Waals surface area contributed by atoms with Gasteiger partial charge in [0.25, 0.3) is 0 Å². The Kier molecular flexibility index (Phi) is 9.67. The Bertz CT molecular complexity index is 1180. The van der Waals surface area contributed by atoms with Crippen LogP contribution in [0, 0.1) is 0 Å². The monoisotopic (exact) mass is 482 g/mol. The zero-order valence-electron chi connectivity index (χ0n) is 22.7. The van der Waals surface area contributed by atoms with Crippen molar-refractivity contribution in [3.8, 4) is 5.75 Å². The molecular weight excluding hydrogens is 436 g/mol. The lowest BCUT2D eigenvalue weighted by atomic mass is 9.64. The van der Waals surface area contributed by atoms with Crippen LogP contribution in [-0.2, 0) is 5.41 Å². The van der Waals surface area contributed by atoms with Gasteiger partial charge in [0, 0.05) is 11.0 Å². The van der Waals surface area contributed by atoms with Crippen molar-refractivity contribution in [2.24, 2.45) is 0 Å². The molecule has 1 heteroatoms. The van der Waals surface area contributed by atoms with Crippen LogP contribution in [0.5, 0.6) is 5.75 Å². The fourth-order valence-corrected chi connectivity index (χ4v) is 6.34. The summed E-state index contributed by atoms with van der Waals surface area (Å²) >= 11 is 0. The van der Waals surface area contributed by atoms with E-state index in [1.165, 1.54) is 104 Å². The molecular formula is C35H46O. The Morgan fingerprint density at radius 1 is 0.667 bits per heavy atom. The maximum atomic E-state index is 11.1. The van der Waals surface area contributed by atoms with E-state index in [9.17, 15) is 5.11 Å². The number of rotatable bonds is 15. The van der Waals surface area contributed by atoms with E-state index in [1.54, 1.807) is 0 Å². The molecule has 1 N–H and O–H groups in total. The number of para-hydroxylation sites is 1. The van der Waals surface area contributed by atoms with Crippen molar-refractivity contribution in [3.63, 3.8) is 0 Å². The number of phenolic OH excluding ortho intramolecular Hbond substituents is 1. The van der Waals surface area contributed by atoms with E-state index < -0.39 is 0 Å². The minimum absolute atomic E-state index is 0.225. The first-order valence-electron chi connectivity index (χ1n) is 14.7. The summed E-state index contributed by atoms with van der Waals surface area (Å²) in [5.74, 6) is 0.438. The topological polar surface area (TPSA) is 20.2 Å². The van der Waals surface area contributed by atoms with E-state index in [0.29, 0.717) is 5.75 Å². The summed E-state index contributed by atoms with van der Waals surface area (Å²) in [7, 11) is 0. The average Bonchev–Trinajstić information content (AvgIpc) is 3.28. The second-order valence-electron chi connectivity index (χ2n) is 10.9. The molecule has 0 spiro atoms. The highest BCUT2D eigenvalue weighted by molar-refractivity contribution is 5.91. The Balaban J connectivity index is 1.71. The number of hydrogen-bond donors (Lipinski definition) is 1. The van der Waals surface area contributed by atoms with Gasteiger partial charge in [0.05, 0.1) is 0 Å². The lowest BCUT2D eigenvalue weighted by Crippen LogP contribution is -2.30. The van der Waals surface area contributed by atoms with Crippen molar-refractivity contribution in [3.05, 3.63) is 87.8 Å². The van der Waals surface area contributed by atoms with Gasteiger partial charge in [-0.05, 0) is 58.6 Å². The summed E-state index contributed by atoms with van der Waals surface area (Å²) in [6.07, 6.45) is 25.0. The van der Waals surface area contributed by atoms with Crippen LogP contribution in [0.15, 0.2) is 71.8 Å². The van der Waals surface area contributed by atoms with Gasteiger partial charge in [-0.15, -0.1) is 0 Å². The predicted octanol–water partition coefficient (Wildman–Crippen LogP) is 8.64. The van der Waals surface area contributed by atoms with Crippen molar-refractivity contribution >= 4 is 11.6 Å². The number of benzene rings is 2. The fraction of sp³-hybridized carbons (Fsp3) is 0.486. The highest BCUT2D eigenvalue weighted by Gasteiger charge is 2.39. The summed E-state index contributed by atoms with van der Waals surface area (Å²) < 4.78 is 0. The lowest BCUT2D eigenvalue weighted by molar-refractivity contribution is 0.431. The molecule has 192 valence electrons. The molecule has 2 aromatic rings. The van der Waals surface area contributed by atoms with Gasteiger partial charge in [-0.25, -0.2) is 0 Å². The average molecular weight is 483 g/mol. The Morgan fingerprint density at radius 2 is 1.31 bits per heavy atom. The molecule has 0 saturated carbocycles. The Morgan fingerprint density at radius 3 is 2.06 bits per heavy atom. The van der Waals surface area contributed by atoms with Crippen molar-refractivity contribution < 1.29 is 5.11 Å². The summed E-state index contributed by atoms with van der Waals surface area (Å²) in [6.45, 7) is 4.57. The number of fused-ring (bicyclic) bond motifs is 2. The first-order valence-corrected chi connectivity index (χ1v) is 14.7. The Labute approximate surface area is 219 Å². The molecule has 36 heavy (non-hydrogen) atoms. The van der Waals surface area contributed by atoms with Gasteiger partial charge in [-0.2, -0.15) is 0 Å². The third-order valence-electron chi connectivity index (χ3n) is 8.33. The first-order chi connectivity index (χ1) is 17.7. The Hall–Kier alpha value is -2.54. The predicted molar refractivity (Wildman–Crippen MR) is 156 cm³/mol. The molecule has 2 aliphatic rings. The zero-order valence-corrected chi connectivity index (χ0v) is 22.7. The third-order valence-corrected chi connectivity index (χ3v) is 8.33. The molecule has 0 bridgehead atoms. The molecule has 2 aromatic carbocycles. The van der Waals surface area contributed by atoms with E-state index in [0.717, 1.165) is 18.4 Å². The smallest absolute Gasteiger partial charge is 0.119 e.